The number of carboxylic acid groups (broad SMARTS) is 1. The number of amides is 1. The van der Waals surface area contributed by atoms with Crippen LogP contribution in [0.15, 0.2) is 42.5 Å². The molecule has 5 rings (SSSR count). The highest BCUT2D eigenvalue weighted by Gasteiger charge is 2.46. The van der Waals surface area contributed by atoms with Gasteiger partial charge in [-0.15, -0.1) is 0 Å². The van der Waals surface area contributed by atoms with Crippen molar-refractivity contribution in [3.8, 4) is 0 Å². The van der Waals surface area contributed by atoms with Crippen LogP contribution >= 0.6 is 0 Å². The summed E-state index contributed by atoms with van der Waals surface area (Å²) in [7, 11) is 0. The fraction of sp³-hybridized carbons (Fsp3) is 0.562. The van der Waals surface area contributed by atoms with Gasteiger partial charge in [-0.2, -0.15) is 0 Å². The first-order chi connectivity index (χ1) is 18.9. The van der Waals surface area contributed by atoms with Gasteiger partial charge in [-0.05, 0) is 75.6 Å². The molecule has 2 heterocycles. The van der Waals surface area contributed by atoms with Crippen molar-refractivity contribution in [2.45, 2.75) is 76.4 Å². The first-order valence-electron chi connectivity index (χ1n) is 14.5. The van der Waals surface area contributed by atoms with Crippen LogP contribution in [-0.2, 0) is 16.0 Å². The zero-order chi connectivity index (χ0) is 28.8. The number of piperazine rings is 1. The SMILES string of the molecule is C[C@H]1CN([C@@H](Cc2ccc(C3CC3)cc2)C(=O)O)CCN1C(=O)[C@@H]1CN(C(C)(C)C)C[C@H]1c1ccc(F)cc1F. The average molecular weight is 554 g/mol. The summed E-state index contributed by atoms with van der Waals surface area (Å²) >= 11 is 0. The van der Waals surface area contributed by atoms with Crippen LogP contribution in [0.3, 0.4) is 0 Å². The Balaban J connectivity index is 1.29. The molecule has 1 N–H and O–H groups in total. The van der Waals surface area contributed by atoms with E-state index in [4.69, 9.17) is 0 Å². The predicted octanol–water partition coefficient (Wildman–Crippen LogP) is 4.88. The van der Waals surface area contributed by atoms with Gasteiger partial charge in [0, 0.05) is 56.3 Å². The van der Waals surface area contributed by atoms with Gasteiger partial charge in [0.1, 0.15) is 17.7 Å². The molecule has 2 aromatic rings. The lowest BCUT2D eigenvalue weighted by atomic mass is 9.87. The van der Waals surface area contributed by atoms with Gasteiger partial charge >= 0.3 is 5.97 Å². The molecule has 2 aliphatic heterocycles. The third kappa shape index (κ3) is 6.08. The smallest absolute Gasteiger partial charge is 0.321 e. The molecule has 6 nitrogen and oxygen atoms in total. The standard InChI is InChI=1S/C32H41F2N3O3/c1-20-17-35(29(31(39)40)15-21-5-7-22(8-6-21)23-9-10-23)13-14-37(20)30(38)27-19-36(32(2,3)4)18-26(27)25-12-11-24(33)16-28(25)34/h5-8,11-12,16,20,23,26-27,29H,9-10,13-15,17-19H2,1-4H3,(H,39,40)/t20-,26-,27+,29-/m0/s1. The molecular formula is C32H41F2N3O3. The molecule has 3 aliphatic rings. The van der Waals surface area contributed by atoms with Gasteiger partial charge in [0.15, 0.2) is 0 Å². The van der Waals surface area contributed by atoms with Crippen LogP contribution in [0.5, 0.6) is 0 Å². The van der Waals surface area contributed by atoms with Crippen molar-refractivity contribution in [1.29, 1.82) is 0 Å². The molecule has 0 spiro atoms. The van der Waals surface area contributed by atoms with Gasteiger partial charge in [-0.1, -0.05) is 30.3 Å². The topological polar surface area (TPSA) is 64.1 Å². The summed E-state index contributed by atoms with van der Waals surface area (Å²) in [5.74, 6) is -2.35. The molecule has 8 heteroatoms. The summed E-state index contributed by atoms with van der Waals surface area (Å²) in [6.07, 6.45) is 2.87. The summed E-state index contributed by atoms with van der Waals surface area (Å²) in [6.45, 7) is 10.5. The zero-order valence-electron chi connectivity index (χ0n) is 23.9. The third-order valence-electron chi connectivity index (χ3n) is 9.07. The van der Waals surface area contributed by atoms with Gasteiger partial charge < -0.3 is 10.0 Å². The van der Waals surface area contributed by atoms with Crippen LogP contribution < -0.4 is 0 Å². The Bertz CT molecular complexity index is 1240. The predicted molar refractivity (Wildman–Crippen MR) is 150 cm³/mol. The number of hydrogen-bond acceptors (Lipinski definition) is 4. The number of rotatable bonds is 7. The summed E-state index contributed by atoms with van der Waals surface area (Å²) < 4.78 is 28.6. The van der Waals surface area contributed by atoms with Crippen molar-refractivity contribution in [3.05, 3.63) is 70.8 Å². The minimum atomic E-state index is -0.860. The number of halogens is 2. The van der Waals surface area contributed by atoms with E-state index in [2.05, 4.69) is 37.8 Å². The summed E-state index contributed by atoms with van der Waals surface area (Å²) in [6, 6.07) is 11.1. The second kappa shape index (κ2) is 11.2. The number of carbonyl (C=O) groups excluding carboxylic acids is 1. The molecule has 40 heavy (non-hydrogen) atoms. The van der Waals surface area contributed by atoms with Crippen LogP contribution in [-0.4, -0.2) is 82.0 Å². The summed E-state index contributed by atoms with van der Waals surface area (Å²) in [5, 5.41) is 10.1. The lowest BCUT2D eigenvalue weighted by Gasteiger charge is -2.43. The third-order valence-corrected chi connectivity index (χ3v) is 9.07. The minimum Gasteiger partial charge on any atom is -0.480 e. The van der Waals surface area contributed by atoms with Crippen molar-refractivity contribution >= 4 is 11.9 Å². The van der Waals surface area contributed by atoms with E-state index < -0.39 is 29.6 Å². The lowest BCUT2D eigenvalue weighted by Crippen LogP contribution is -2.59. The van der Waals surface area contributed by atoms with E-state index in [0.717, 1.165) is 11.6 Å². The second-order valence-corrected chi connectivity index (χ2v) is 12.9. The Kier molecular flexibility index (Phi) is 8.03. The van der Waals surface area contributed by atoms with Crippen LogP contribution in [0.4, 0.5) is 8.78 Å². The van der Waals surface area contributed by atoms with Crippen molar-refractivity contribution in [2.75, 3.05) is 32.7 Å². The average Bonchev–Trinajstić information content (AvgIpc) is 3.64. The highest BCUT2D eigenvalue weighted by molar-refractivity contribution is 5.81. The quantitative estimate of drug-likeness (QED) is 0.529. The first kappa shape index (κ1) is 28.7. The zero-order valence-corrected chi connectivity index (χ0v) is 23.9. The van der Waals surface area contributed by atoms with Crippen molar-refractivity contribution in [3.63, 3.8) is 0 Å². The molecule has 0 bridgehead atoms. The van der Waals surface area contributed by atoms with Crippen LogP contribution in [0, 0.1) is 17.6 Å². The fourth-order valence-corrected chi connectivity index (χ4v) is 6.47. The van der Waals surface area contributed by atoms with Gasteiger partial charge in [0.05, 0.1) is 5.92 Å². The number of benzene rings is 2. The molecule has 0 aromatic heterocycles. The maximum absolute atomic E-state index is 14.9. The Morgan fingerprint density at radius 3 is 2.27 bits per heavy atom. The Hall–Kier alpha value is -2.84. The maximum atomic E-state index is 14.9. The van der Waals surface area contributed by atoms with E-state index in [1.54, 1.807) is 0 Å². The number of nitrogens with zero attached hydrogens (tertiary/aromatic N) is 3. The molecule has 1 aliphatic carbocycles. The first-order valence-corrected chi connectivity index (χ1v) is 14.5. The van der Waals surface area contributed by atoms with E-state index in [1.165, 1.54) is 30.5 Å². The van der Waals surface area contributed by atoms with E-state index in [-0.39, 0.29) is 23.4 Å². The fourth-order valence-electron chi connectivity index (χ4n) is 6.47. The van der Waals surface area contributed by atoms with E-state index in [0.29, 0.717) is 50.6 Å². The van der Waals surface area contributed by atoms with Crippen LogP contribution in [0.25, 0.3) is 0 Å². The minimum absolute atomic E-state index is 0.0461. The van der Waals surface area contributed by atoms with Crippen LogP contribution in [0.2, 0.25) is 0 Å². The van der Waals surface area contributed by atoms with Gasteiger partial charge in [0.25, 0.3) is 0 Å². The van der Waals surface area contributed by atoms with Crippen molar-refractivity contribution < 1.29 is 23.5 Å². The molecule has 0 unspecified atom stereocenters. The van der Waals surface area contributed by atoms with Gasteiger partial charge in [0.2, 0.25) is 5.91 Å². The van der Waals surface area contributed by atoms with Crippen LogP contribution in [0.1, 0.15) is 69.1 Å². The highest BCUT2D eigenvalue weighted by Crippen LogP contribution is 2.40. The molecule has 1 amide bonds. The highest BCUT2D eigenvalue weighted by atomic mass is 19.1. The molecule has 0 radical (unpaired) electrons. The number of hydrogen-bond donors (Lipinski definition) is 1. The molecular weight excluding hydrogens is 512 g/mol. The summed E-state index contributed by atoms with van der Waals surface area (Å²) in [4.78, 5) is 32.3. The molecule has 216 valence electrons. The number of carbonyl (C=O) groups is 2. The monoisotopic (exact) mass is 553 g/mol. The van der Waals surface area contributed by atoms with Gasteiger partial charge in [-0.3, -0.25) is 19.4 Å². The molecule has 1 saturated carbocycles. The largest absolute Gasteiger partial charge is 0.480 e. The molecule has 2 aromatic carbocycles. The number of likely N-dealkylation sites (tertiary alicyclic amines) is 1. The number of carboxylic acids is 1. The van der Waals surface area contributed by atoms with Gasteiger partial charge in [-0.25, -0.2) is 8.78 Å². The molecule has 4 atom stereocenters. The number of aliphatic carboxylic acids is 1. The van der Waals surface area contributed by atoms with Crippen molar-refractivity contribution in [2.24, 2.45) is 5.92 Å². The Labute approximate surface area is 235 Å². The van der Waals surface area contributed by atoms with Crippen molar-refractivity contribution in [1.82, 2.24) is 14.7 Å². The maximum Gasteiger partial charge on any atom is 0.321 e. The molecule has 3 fully saturated rings. The Morgan fingerprint density at radius 1 is 1.00 bits per heavy atom. The summed E-state index contributed by atoms with van der Waals surface area (Å²) in [5.41, 5.74) is 2.49. The molecule has 2 saturated heterocycles. The normalized spacial score (nSPS) is 25.2. The lowest BCUT2D eigenvalue weighted by molar-refractivity contribution is -0.147. The Morgan fingerprint density at radius 2 is 1.70 bits per heavy atom. The van der Waals surface area contributed by atoms with E-state index >= 15 is 0 Å². The van der Waals surface area contributed by atoms with E-state index in [1.807, 2.05) is 28.9 Å². The van der Waals surface area contributed by atoms with E-state index in [9.17, 15) is 23.5 Å². The second-order valence-electron chi connectivity index (χ2n) is 12.9.